The van der Waals surface area contributed by atoms with Gasteiger partial charge < -0.3 is 15.0 Å². The molecule has 0 aliphatic heterocycles. The van der Waals surface area contributed by atoms with Crippen molar-refractivity contribution in [1.29, 1.82) is 0 Å². The van der Waals surface area contributed by atoms with Gasteiger partial charge in [-0.2, -0.15) is 0 Å². The average Bonchev–Trinajstić information content (AvgIpc) is 2.73. The zero-order valence-corrected chi connectivity index (χ0v) is 20.0. The molecule has 0 heterocycles. The van der Waals surface area contributed by atoms with E-state index in [2.05, 4.69) is 5.32 Å². The van der Waals surface area contributed by atoms with E-state index in [4.69, 9.17) is 27.9 Å². The molecule has 0 unspecified atom stereocenters. The number of benzene rings is 2. The molecule has 2 aromatic rings. The molecule has 168 valence electrons. The van der Waals surface area contributed by atoms with Crippen molar-refractivity contribution in [1.82, 2.24) is 10.2 Å². The van der Waals surface area contributed by atoms with E-state index in [9.17, 15) is 9.59 Å². The number of carbonyl (C=O) groups excluding carboxylic acids is 2. The molecule has 31 heavy (non-hydrogen) atoms. The summed E-state index contributed by atoms with van der Waals surface area (Å²) in [7, 11) is 0. The van der Waals surface area contributed by atoms with Crippen LogP contribution in [0.1, 0.15) is 38.3 Å². The van der Waals surface area contributed by atoms with Crippen molar-refractivity contribution in [3.8, 4) is 5.75 Å². The van der Waals surface area contributed by atoms with Crippen LogP contribution in [0, 0.1) is 12.8 Å². The topological polar surface area (TPSA) is 58.6 Å². The highest BCUT2D eigenvalue weighted by atomic mass is 35.5. The van der Waals surface area contributed by atoms with Crippen LogP contribution >= 0.6 is 23.2 Å². The predicted octanol–water partition coefficient (Wildman–Crippen LogP) is 5.26. The third-order valence-corrected chi connectivity index (χ3v) is 5.40. The third-order valence-electron chi connectivity index (χ3n) is 4.81. The monoisotopic (exact) mass is 464 g/mol. The fourth-order valence-corrected chi connectivity index (χ4v) is 3.51. The van der Waals surface area contributed by atoms with Crippen LogP contribution in [0.2, 0.25) is 10.0 Å². The SMILES string of the molecule is CC[C@H](C(=O)NCC(C)C)N(Cc1ccc(Cl)cc1Cl)C(=O)COc1ccc(C)cc1. The fraction of sp³-hybridized carbons (Fsp3) is 0.417. The summed E-state index contributed by atoms with van der Waals surface area (Å²) >= 11 is 12.3. The average molecular weight is 465 g/mol. The van der Waals surface area contributed by atoms with Crippen LogP contribution in [-0.4, -0.2) is 35.9 Å². The van der Waals surface area contributed by atoms with Crippen molar-refractivity contribution in [3.05, 3.63) is 63.6 Å². The van der Waals surface area contributed by atoms with Gasteiger partial charge in [0, 0.05) is 23.1 Å². The molecular formula is C24H30Cl2N2O3. The first kappa shape index (κ1) is 25.0. The predicted molar refractivity (Wildman–Crippen MR) is 126 cm³/mol. The Bertz CT molecular complexity index is 885. The molecule has 2 amide bonds. The van der Waals surface area contributed by atoms with E-state index in [1.54, 1.807) is 18.2 Å². The van der Waals surface area contributed by atoms with E-state index < -0.39 is 6.04 Å². The lowest BCUT2D eigenvalue weighted by Crippen LogP contribution is -2.50. The highest BCUT2D eigenvalue weighted by Gasteiger charge is 2.29. The van der Waals surface area contributed by atoms with Crippen LogP contribution in [-0.2, 0) is 16.1 Å². The second-order valence-electron chi connectivity index (χ2n) is 7.92. The van der Waals surface area contributed by atoms with Gasteiger partial charge in [-0.05, 0) is 49.1 Å². The lowest BCUT2D eigenvalue weighted by molar-refractivity contribution is -0.143. The quantitative estimate of drug-likeness (QED) is 0.521. The number of ether oxygens (including phenoxy) is 1. The molecule has 7 heteroatoms. The summed E-state index contributed by atoms with van der Waals surface area (Å²) < 4.78 is 5.69. The number of amides is 2. The number of rotatable bonds is 10. The second-order valence-corrected chi connectivity index (χ2v) is 8.77. The molecule has 0 bridgehead atoms. The molecule has 1 atom stereocenters. The molecule has 2 rings (SSSR count). The molecule has 0 radical (unpaired) electrons. The van der Waals surface area contributed by atoms with Gasteiger partial charge in [0.2, 0.25) is 5.91 Å². The first-order chi connectivity index (χ1) is 14.7. The van der Waals surface area contributed by atoms with Crippen LogP contribution < -0.4 is 10.1 Å². The number of aryl methyl sites for hydroxylation is 1. The van der Waals surface area contributed by atoms with Crippen LogP contribution in [0.3, 0.4) is 0 Å². The molecular weight excluding hydrogens is 435 g/mol. The van der Waals surface area contributed by atoms with Crippen molar-refractivity contribution in [2.24, 2.45) is 5.92 Å². The Morgan fingerprint density at radius 2 is 1.77 bits per heavy atom. The van der Waals surface area contributed by atoms with E-state index in [1.165, 1.54) is 4.90 Å². The summed E-state index contributed by atoms with van der Waals surface area (Å²) in [6.07, 6.45) is 0.464. The summed E-state index contributed by atoms with van der Waals surface area (Å²) in [4.78, 5) is 27.6. The smallest absolute Gasteiger partial charge is 0.261 e. The Hall–Kier alpha value is -2.24. The molecule has 0 aliphatic rings. The maximum Gasteiger partial charge on any atom is 0.261 e. The van der Waals surface area contributed by atoms with E-state index in [0.29, 0.717) is 40.2 Å². The van der Waals surface area contributed by atoms with Gasteiger partial charge in [-0.15, -0.1) is 0 Å². The summed E-state index contributed by atoms with van der Waals surface area (Å²) in [6, 6.07) is 11.9. The summed E-state index contributed by atoms with van der Waals surface area (Å²) in [5.74, 6) is 0.421. The minimum Gasteiger partial charge on any atom is -0.484 e. The summed E-state index contributed by atoms with van der Waals surface area (Å²) in [6.45, 7) is 8.44. The van der Waals surface area contributed by atoms with Gasteiger partial charge >= 0.3 is 0 Å². The lowest BCUT2D eigenvalue weighted by atomic mass is 10.1. The Labute approximate surface area is 194 Å². The van der Waals surface area contributed by atoms with Gasteiger partial charge in [0.1, 0.15) is 11.8 Å². The maximum atomic E-state index is 13.2. The highest BCUT2D eigenvalue weighted by molar-refractivity contribution is 6.35. The van der Waals surface area contributed by atoms with Crippen LogP contribution in [0.5, 0.6) is 5.75 Å². The number of nitrogens with zero attached hydrogens (tertiary/aromatic N) is 1. The number of carbonyl (C=O) groups is 2. The van der Waals surface area contributed by atoms with E-state index >= 15 is 0 Å². The van der Waals surface area contributed by atoms with Gasteiger partial charge in [0.05, 0.1) is 0 Å². The Balaban J connectivity index is 2.22. The first-order valence-electron chi connectivity index (χ1n) is 10.4. The van der Waals surface area contributed by atoms with Crippen LogP contribution in [0.15, 0.2) is 42.5 Å². The molecule has 5 nitrogen and oxygen atoms in total. The number of hydrogen-bond donors (Lipinski definition) is 1. The number of nitrogens with one attached hydrogen (secondary N) is 1. The Morgan fingerprint density at radius 1 is 1.10 bits per heavy atom. The van der Waals surface area contributed by atoms with Gasteiger partial charge in [0.25, 0.3) is 5.91 Å². The van der Waals surface area contributed by atoms with Crippen LogP contribution in [0.25, 0.3) is 0 Å². The molecule has 0 saturated carbocycles. The van der Waals surface area contributed by atoms with Gasteiger partial charge in [-0.3, -0.25) is 9.59 Å². The zero-order valence-electron chi connectivity index (χ0n) is 18.5. The molecule has 0 aromatic heterocycles. The van der Waals surface area contributed by atoms with Gasteiger partial charge in [0.15, 0.2) is 6.61 Å². The molecule has 0 spiro atoms. The Morgan fingerprint density at radius 3 is 2.35 bits per heavy atom. The molecule has 1 N–H and O–H groups in total. The van der Waals surface area contributed by atoms with Crippen molar-refractivity contribution >= 4 is 35.0 Å². The van der Waals surface area contributed by atoms with Crippen LogP contribution in [0.4, 0.5) is 0 Å². The number of halogens is 2. The highest BCUT2D eigenvalue weighted by Crippen LogP contribution is 2.24. The second kappa shape index (κ2) is 12.0. The van der Waals surface area contributed by atoms with E-state index in [0.717, 1.165) is 5.56 Å². The first-order valence-corrected chi connectivity index (χ1v) is 11.2. The minimum atomic E-state index is -0.639. The van der Waals surface area contributed by atoms with Gasteiger partial charge in [-0.1, -0.05) is 67.7 Å². The number of hydrogen-bond acceptors (Lipinski definition) is 3. The molecule has 2 aromatic carbocycles. The lowest BCUT2D eigenvalue weighted by Gasteiger charge is -2.31. The third kappa shape index (κ3) is 7.75. The fourth-order valence-electron chi connectivity index (χ4n) is 3.04. The minimum absolute atomic E-state index is 0.178. The zero-order chi connectivity index (χ0) is 23.0. The maximum absolute atomic E-state index is 13.2. The summed E-state index contributed by atoms with van der Waals surface area (Å²) in [5, 5.41) is 3.89. The largest absolute Gasteiger partial charge is 0.484 e. The Kier molecular flexibility index (Phi) is 9.66. The normalized spacial score (nSPS) is 11.8. The molecule has 0 aliphatic carbocycles. The van der Waals surface area contributed by atoms with E-state index in [-0.39, 0.29) is 25.0 Å². The van der Waals surface area contributed by atoms with Crippen molar-refractivity contribution in [3.63, 3.8) is 0 Å². The van der Waals surface area contributed by atoms with Crippen molar-refractivity contribution in [2.45, 2.75) is 46.7 Å². The van der Waals surface area contributed by atoms with E-state index in [1.807, 2.05) is 52.0 Å². The summed E-state index contributed by atoms with van der Waals surface area (Å²) in [5.41, 5.74) is 1.82. The molecule has 0 fully saturated rings. The molecule has 0 saturated heterocycles. The standard InChI is InChI=1S/C24H30Cl2N2O3/c1-5-22(24(30)27-13-16(2)3)28(14-18-8-9-19(25)12-21(18)26)23(29)15-31-20-10-6-17(4)7-11-20/h6-12,16,22H,5,13-15H2,1-4H3,(H,27,30)/t22-/m1/s1. The van der Waals surface area contributed by atoms with Crippen molar-refractivity contribution < 1.29 is 14.3 Å². The van der Waals surface area contributed by atoms with Crippen molar-refractivity contribution in [2.75, 3.05) is 13.2 Å². The van der Waals surface area contributed by atoms with Gasteiger partial charge in [-0.25, -0.2) is 0 Å².